The van der Waals surface area contributed by atoms with E-state index < -0.39 is 0 Å². The molecule has 1 aliphatic rings. The zero-order valence-electron chi connectivity index (χ0n) is 14.5. The highest BCUT2D eigenvalue weighted by atomic mass is 16.5. The van der Waals surface area contributed by atoms with Crippen molar-refractivity contribution >= 4 is 17.7 Å². The highest BCUT2D eigenvalue weighted by molar-refractivity contribution is 5.98. The average molecular weight is 351 g/mol. The number of carbonyl (C=O) groups excluding carboxylic acids is 2. The molecule has 6 heteroatoms. The predicted molar refractivity (Wildman–Crippen MR) is 98.5 cm³/mol. The van der Waals surface area contributed by atoms with Crippen LogP contribution in [0.5, 0.6) is 5.75 Å². The molecule has 2 aromatic rings. The van der Waals surface area contributed by atoms with Gasteiger partial charge in [-0.2, -0.15) is 0 Å². The summed E-state index contributed by atoms with van der Waals surface area (Å²) in [5.74, 6) is 0.0741. The van der Waals surface area contributed by atoms with E-state index in [9.17, 15) is 9.59 Å². The largest absolute Gasteiger partial charge is 0.427 e. The van der Waals surface area contributed by atoms with Crippen molar-refractivity contribution in [3.63, 3.8) is 0 Å². The molecule has 0 saturated carbocycles. The Hall–Kier alpha value is -3.15. The number of nitrogens with one attached hydrogen (secondary N) is 2. The Bertz CT molecular complexity index is 859. The van der Waals surface area contributed by atoms with Crippen molar-refractivity contribution in [2.24, 2.45) is 5.73 Å². The number of esters is 1. The maximum absolute atomic E-state index is 12.4. The van der Waals surface area contributed by atoms with Gasteiger partial charge in [-0.1, -0.05) is 18.2 Å². The quantitative estimate of drug-likeness (QED) is 0.340. The van der Waals surface area contributed by atoms with E-state index in [-0.39, 0.29) is 23.8 Å². The first-order valence-electron chi connectivity index (χ1n) is 8.48. The SMILES string of the molecule is CC(=O)Oc1ccc2c(c1)CCC(NC(=O)c1ccc(C(=N)N)cc1)C2. The second-order valence-electron chi connectivity index (χ2n) is 6.43. The number of aryl methyl sites for hydroxylation is 1. The van der Waals surface area contributed by atoms with Crippen molar-refractivity contribution < 1.29 is 14.3 Å². The summed E-state index contributed by atoms with van der Waals surface area (Å²) in [6, 6.07) is 12.4. The first-order chi connectivity index (χ1) is 12.4. The lowest BCUT2D eigenvalue weighted by Gasteiger charge is -2.26. The number of rotatable bonds is 4. The first-order valence-corrected chi connectivity index (χ1v) is 8.48. The molecule has 0 aromatic heterocycles. The van der Waals surface area contributed by atoms with Gasteiger partial charge in [0.25, 0.3) is 5.91 Å². The average Bonchev–Trinajstić information content (AvgIpc) is 2.61. The van der Waals surface area contributed by atoms with Gasteiger partial charge < -0.3 is 15.8 Å². The Morgan fingerprint density at radius 1 is 1.12 bits per heavy atom. The summed E-state index contributed by atoms with van der Waals surface area (Å²) >= 11 is 0. The number of ether oxygens (including phenoxy) is 1. The van der Waals surface area contributed by atoms with Crippen molar-refractivity contribution in [2.75, 3.05) is 0 Å². The molecule has 0 aliphatic heterocycles. The minimum atomic E-state index is -0.332. The van der Waals surface area contributed by atoms with Gasteiger partial charge in [0.05, 0.1) is 0 Å². The van der Waals surface area contributed by atoms with E-state index in [0.717, 1.165) is 30.4 Å². The molecule has 1 atom stereocenters. The van der Waals surface area contributed by atoms with Gasteiger partial charge in [0.15, 0.2) is 0 Å². The van der Waals surface area contributed by atoms with Crippen LogP contribution in [-0.4, -0.2) is 23.8 Å². The van der Waals surface area contributed by atoms with Crippen LogP contribution in [0.2, 0.25) is 0 Å². The third-order valence-corrected chi connectivity index (χ3v) is 4.46. The van der Waals surface area contributed by atoms with Crippen LogP contribution >= 0.6 is 0 Å². The van der Waals surface area contributed by atoms with Crippen LogP contribution in [0.15, 0.2) is 42.5 Å². The number of amidine groups is 1. The van der Waals surface area contributed by atoms with Crippen LogP contribution in [0, 0.1) is 5.41 Å². The highest BCUT2D eigenvalue weighted by Gasteiger charge is 2.21. The lowest BCUT2D eigenvalue weighted by atomic mass is 9.88. The van der Waals surface area contributed by atoms with Crippen LogP contribution in [0.4, 0.5) is 0 Å². The normalized spacial score (nSPS) is 15.7. The number of fused-ring (bicyclic) bond motifs is 1. The highest BCUT2D eigenvalue weighted by Crippen LogP contribution is 2.26. The van der Waals surface area contributed by atoms with Crippen molar-refractivity contribution in [3.05, 3.63) is 64.7 Å². The smallest absolute Gasteiger partial charge is 0.308 e. The second kappa shape index (κ2) is 7.39. The molecule has 4 N–H and O–H groups in total. The molecule has 1 unspecified atom stereocenters. The second-order valence-corrected chi connectivity index (χ2v) is 6.43. The Morgan fingerprint density at radius 2 is 1.81 bits per heavy atom. The van der Waals surface area contributed by atoms with E-state index in [1.807, 2.05) is 12.1 Å². The number of amides is 1. The molecule has 0 saturated heterocycles. The summed E-state index contributed by atoms with van der Waals surface area (Å²) in [5.41, 5.74) is 8.88. The molecule has 134 valence electrons. The van der Waals surface area contributed by atoms with Crippen LogP contribution in [-0.2, 0) is 17.6 Å². The number of hydrogen-bond acceptors (Lipinski definition) is 4. The summed E-state index contributed by atoms with van der Waals surface area (Å²) < 4.78 is 5.12. The van der Waals surface area contributed by atoms with Crippen molar-refractivity contribution in [1.82, 2.24) is 5.32 Å². The molecule has 0 spiro atoms. The Kier molecular flexibility index (Phi) is 5.02. The van der Waals surface area contributed by atoms with E-state index in [0.29, 0.717) is 16.9 Å². The van der Waals surface area contributed by atoms with Gasteiger partial charge in [0.1, 0.15) is 11.6 Å². The maximum Gasteiger partial charge on any atom is 0.308 e. The lowest BCUT2D eigenvalue weighted by Crippen LogP contribution is -2.38. The molecular formula is C20H21N3O3. The molecule has 0 radical (unpaired) electrons. The van der Waals surface area contributed by atoms with Crippen molar-refractivity contribution in [3.8, 4) is 5.75 Å². The fourth-order valence-corrected chi connectivity index (χ4v) is 3.15. The van der Waals surface area contributed by atoms with Gasteiger partial charge >= 0.3 is 5.97 Å². The van der Waals surface area contributed by atoms with Crippen LogP contribution in [0.25, 0.3) is 0 Å². The van der Waals surface area contributed by atoms with Gasteiger partial charge in [-0.05, 0) is 54.7 Å². The molecule has 1 aliphatic carbocycles. The van der Waals surface area contributed by atoms with E-state index in [1.54, 1.807) is 30.3 Å². The van der Waals surface area contributed by atoms with E-state index >= 15 is 0 Å². The number of nitrogens with two attached hydrogens (primary N) is 1. The van der Waals surface area contributed by atoms with Crippen LogP contribution < -0.4 is 15.8 Å². The summed E-state index contributed by atoms with van der Waals surface area (Å²) in [6.07, 6.45) is 2.39. The molecule has 0 fully saturated rings. The third kappa shape index (κ3) is 4.08. The van der Waals surface area contributed by atoms with Crippen LogP contribution in [0.1, 0.15) is 40.4 Å². The molecule has 2 aromatic carbocycles. The fraction of sp³-hybridized carbons (Fsp3) is 0.250. The summed E-state index contributed by atoms with van der Waals surface area (Å²) in [4.78, 5) is 23.5. The fourth-order valence-electron chi connectivity index (χ4n) is 3.15. The lowest BCUT2D eigenvalue weighted by molar-refractivity contribution is -0.131. The van der Waals surface area contributed by atoms with Gasteiger partial charge in [-0.3, -0.25) is 15.0 Å². The predicted octanol–water partition coefficient (Wildman–Crippen LogP) is 2.18. The van der Waals surface area contributed by atoms with Gasteiger partial charge in [0.2, 0.25) is 0 Å². The number of carbonyl (C=O) groups is 2. The van der Waals surface area contributed by atoms with E-state index in [2.05, 4.69) is 5.32 Å². The molecule has 1 amide bonds. The molecule has 3 rings (SSSR count). The molecule has 0 bridgehead atoms. The van der Waals surface area contributed by atoms with E-state index in [1.165, 1.54) is 6.92 Å². The van der Waals surface area contributed by atoms with Crippen LogP contribution in [0.3, 0.4) is 0 Å². The van der Waals surface area contributed by atoms with E-state index in [4.69, 9.17) is 15.9 Å². The maximum atomic E-state index is 12.4. The third-order valence-electron chi connectivity index (χ3n) is 4.46. The topological polar surface area (TPSA) is 105 Å². The molecule has 26 heavy (non-hydrogen) atoms. The first kappa shape index (κ1) is 17.7. The van der Waals surface area contributed by atoms with Gasteiger partial charge in [-0.25, -0.2) is 0 Å². The molecule has 6 nitrogen and oxygen atoms in total. The molecular weight excluding hydrogens is 330 g/mol. The number of benzene rings is 2. The Balaban J connectivity index is 1.64. The zero-order chi connectivity index (χ0) is 18.7. The minimum Gasteiger partial charge on any atom is -0.427 e. The van der Waals surface area contributed by atoms with Crippen molar-refractivity contribution in [2.45, 2.75) is 32.2 Å². The van der Waals surface area contributed by atoms with Gasteiger partial charge in [-0.15, -0.1) is 0 Å². The summed E-state index contributed by atoms with van der Waals surface area (Å²) in [6.45, 7) is 1.38. The standard InChI is InChI=1S/C20H21N3O3/c1-12(24)26-18-9-7-15-10-17(8-6-16(15)11-18)23-20(25)14-4-2-13(3-5-14)19(21)22/h2-5,7,9,11,17H,6,8,10H2,1H3,(H3,21,22)(H,23,25). The Labute approximate surface area is 151 Å². The molecule has 0 heterocycles. The monoisotopic (exact) mass is 351 g/mol. The van der Waals surface area contributed by atoms with Gasteiger partial charge in [0, 0.05) is 24.1 Å². The summed E-state index contributed by atoms with van der Waals surface area (Å²) in [5, 5.41) is 10.5. The zero-order valence-corrected chi connectivity index (χ0v) is 14.5. The Morgan fingerprint density at radius 3 is 2.46 bits per heavy atom. The minimum absolute atomic E-state index is 0.0195. The summed E-state index contributed by atoms with van der Waals surface area (Å²) in [7, 11) is 0. The van der Waals surface area contributed by atoms with Crippen molar-refractivity contribution in [1.29, 1.82) is 5.41 Å². The number of nitrogen functional groups attached to an aromatic ring is 1. The number of hydrogen-bond donors (Lipinski definition) is 3.